The molecule has 0 saturated heterocycles. The van der Waals surface area contributed by atoms with Gasteiger partial charge in [0.15, 0.2) is 0 Å². The molecule has 1 aliphatic rings. The van der Waals surface area contributed by atoms with Crippen LogP contribution < -0.4 is 5.56 Å². The van der Waals surface area contributed by atoms with Gasteiger partial charge in [0, 0.05) is 16.8 Å². The van der Waals surface area contributed by atoms with Gasteiger partial charge in [-0.15, -0.1) is 0 Å². The Kier molecular flexibility index (Phi) is 1.92. The Labute approximate surface area is 104 Å². The average Bonchev–Trinajstić information content (AvgIpc) is 2.79. The highest BCUT2D eigenvalue weighted by atomic mass is 16.1. The van der Waals surface area contributed by atoms with Crippen LogP contribution in [0.2, 0.25) is 0 Å². The van der Waals surface area contributed by atoms with E-state index in [9.17, 15) is 4.79 Å². The first-order valence-corrected chi connectivity index (χ1v) is 6.49. The first-order valence-electron chi connectivity index (χ1n) is 6.49. The first-order chi connectivity index (χ1) is 8.84. The van der Waals surface area contributed by atoms with E-state index in [1.165, 1.54) is 18.5 Å². The highest BCUT2D eigenvalue weighted by Gasteiger charge is 2.17. The molecule has 1 N–H and O–H groups in total. The predicted octanol–water partition coefficient (Wildman–Crippen LogP) is 2.66. The van der Waals surface area contributed by atoms with Crippen molar-refractivity contribution >= 4 is 16.4 Å². The minimum absolute atomic E-state index is 0.0341. The molecule has 3 aromatic rings. The lowest BCUT2D eigenvalue weighted by Gasteiger charge is -2.17. The molecule has 1 aromatic carbocycles. The second kappa shape index (κ2) is 3.48. The van der Waals surface area contributed by atoms with Crippen LogP contribution in [-0.2, 0) is 12.8 Å². The number of aromatic amines is 1. The molecule has 0 aliphatic heterocycles. The number of para-hydroxylation sites is 1. The Balaban J connectivity index is 2.27. The highest BCUT2D eigenvalue weighted by molar-refractivity contribution is 5.87. The molecule has 0 bridgehead atoms. The monoisotopic (exact) mass is 238 g/mol. The fourth-order valence-electron chi connectivity index (χ4n) is 3.08. The topological polar surface area (TPSA) is 37.3 Å². The van der Waals surface area contributed by atoms with Gasteiger partial charge < -0.3 is 9.38 Å². The molecular formula is C15H14N2O. The molecule has 2 aromatic heterocycles. The Morgan fingerprint density at radius 2 is 1.89 bits per heavy atom. The van der Waals surface area contributed by atoms with Crippen molar-refractivity contribution in [2.45, 2.75) is 25.7 Å². The van der Waals surface area contributed by atoms with Crippen LogP contribution in [0.15, 0.2) is 35.1 Å². The van der Waals surface area contributed by atoms with Gasteiger partial charge in [0.25, 0.3) is 5.56 Å². The van der Waals surface area contributed by atoms with Crippen molar-refractivity contribution in [1.29, 1.82) is 0 Å². The molecule has 18 heavy (non-hydrogen) atoms. The third-order valence-electron chi connectivity index (χ3n) is 3.92. The van der Waals surface area contributed by atoms with Crippen molar-refractivity contribution in [3.05, 3.63) is 52.1 Å². The van der Waals surface area contributed by atoms with Gasteiger partial charge in [-0.2, -0.15) is 0 Å². The normalized spacial score (nSPS) is 15.1. The maximum Gasteiger partial charge on any atom is 0.272 e. The van der Waals surface area contributed by atoms with Crippen LogP contribution in [0.4, 0.5) is 0 Å². The van der Waals surface area contributed by atoms with Gasteiger partial charge in [0.1, 0.15) is 5.52 Å². The minimum Gasteiger partial charge on any atom is -0.323 e. The van der Waals surface area contributed by atoms with Crippen LogP contribution in [0.1, 0.15) is 24.2 Å². The maximum absolute atomic E-state index is 12.1. The van der Waals surface area contributed by atoms with E-state index in [0.29, 0.717) is 0 Å². The summed E-state index contributed by atoms with van der Waals surface area (Å²) >= 11 is 0. The first kappa shape index (κ1) is 9.95. The maximum atomic E-state index is 12.1. The number of nitrogens with zero attached hydrogens (tertiary/aromatic N) is 1. The van der Waals surface area contributed by atoms with Crippen molar-refractivity contribution in [2.75, 3.05) is 0 Å². The molecular weight excluding hydrogens is 224 g/mol. The van der Waals surface area contributed by atoms with Crippen LogP contribution in [0.3, 0.4) is 0 Å². The zero-order valence-corrected chi connectivity index (χ0v) is 10.1. The molecule has 0 atom stereocenters. The number of hydrogen-bond donors (Lipinski definition) is 1. The van der Waals surface area contributed by atoms with Crippen LogP contribution in [0.5, 0.6) is 0 Å². The summed E-state index contributed by atoms with van der Waals surface area (Å²) in [5.74, 6) is 0. The van der Waals surface area contributed by atoms with Gasteiger partial charge >= 0.3 is 0 Å². The van der Waals surface area contributed by atoms with E-state index in [2.05, 4.69) is 21.5 Å². The van der Waals surface area contributed by atoms with E-state index in [1.54, 1.807) is 0 Å². The molecule has 3 heteroatoms. The standard InChI is InChI=1S/C15H14N2O/c18-15-14-9-10-5-1-3-7-12(10)17(14)13-8-4-2-6-11(13)16-15/h1,3,5,7,9H,2,4,6,8H2,(H,16,18). The number of fused-ring (bicyclic) bond motifs is 5. The number of H-pyrrole nitrogens is 1. The summed E-state index contributed by atoms with van der Waals surface area (Å²) in [5.41, 5.74) is 4.37. The molecule has 4 rings (SSSR count). The van der Waals surface area contributed by atoms with Crippen molar-refractivity contribution in [1.82, 2.24) is 9.38 Å². The van der Waals surface area contributed by atoms with Crippen molar-refractivity contribution in [3.8, 4) is 0 Å². The third kappa shape index (κ3) is 1.22. The Morgan fingerprint density at radius 1 is 1.06 bits per heavy atom. The summed E-state index contributed by atoms with van der Waals surface area (Å²) in [6, 6.07) is 10.2. The number of hydrogen-bond acceptors (Lipinski definition) is 1. The van der Waals surface area contributed by atoms with E-state index in [4.69, 9.17) is 0 Å². The van der Waals surface area contributed by atoms with E-state index in [0.717, 1.165) is 35.0 Å². The highest BCUT2D eigenvalue weighted by Crippen LogP contribution is 2.25. The molecule has 0 amide bonds. The van der Waals surface area contributed by atoms with Crippen molar-refractivity contribution in [3.63, 3.8) is 0 Å². The molecule has 1 aliphatic carbocycles. The Bertz CT molecular complexity index is 810. The lowest BCUT2D eigenvalue weighted by molar-refractivity contribution is 0.642. The quantitative estimate of drug-likeness (QED) is 0.642. The van der Waals surface area contributed by atoms with E-state index >= 15 is 0 Å². The lowest BCUT2D eigenvalue weighted by atomic mass is 10.0. The fourth-order valence-corrected chi connectivity index (χ4v) is 3.08. The second-order valence-electron chi connectivity index (χ2n) is 5.01. The molecule has 0 radical (unpaired) electrons. The molecule has 3 nitrogen and oxygen atoms in total. The fraction of sp³-hybridized carbons (Fsp3) is 0.267. The van der Waals surface area contributed by atoms with E-state index < -0.39 is 0 Å². The number of benzene rings is 1. The minimum atomic E-state index is 0.0341. The number of aryl methyl sites for hydroxylation is 2. The molecule has 90 valence electrons. The van der Waals surface area contributed by atoms with Gasteiger partial charge in [-0.3, -0.25) is 4.79 Å². The molecule has 2 heterocycles. The largest absolute Gasteiger partial charge is 0.323 e. The number of nitrogens with one attached hydrogen (secondary N) is 1. The van der Waals surface area contributed by atoms with Gasteiger partial charge in [0.2, 0.25) is 0 Å². The molecule has 0 unspecified atom stereocenters. The average molecular weight is 238 g/mol. The van der Waals surface area contributed by atoms with Crippen LogP contribution in [-0.4, -0.2) is 9.38 Å². The Morgan fingerprint density at radius 3 is 2.83 bits per heavy atom. The summed E-state index contributed by atoms with van der Waals surface area (Å²) < 4.78 is 2.16. The summed E-state index contributed by atoms with van der Waals surface area (Å²) in [6.07, 6.45) is 4.43. The second-order valence-corrected chi connectivity index (χ2v) is 5.01. The van der Waals surface area contributed by atoms with E-state index in [-0.39, 0.29) is 5.56 Å². The zero-order chi connectivity index (χ0) is 12.1. The summed E-state index contributed by atoms with van der Waals surface area (Å²) in [7, 11) is 0. The van der Waals surface area contributed by atoms with Gasteiger partial charge in [-0.25, -0.2) is 0 Å². The van der Waals surface area contributed by atoms with Gasteiger partial charge in [-0.05, 0) is 37.8 Å². The SMILES string of the molecule is O=c1[nH]c2c(n3c1cc1ccccc13)CCCC2. The van der Waals surface area contributed by atoms with Crippen LogP contribution in [0.25, 0.3) is 16.4 Å². The lowest BCUT2D eigenvalue weighted by Crippen LogP contribution is -2.19. The molecule has 0 fully saturated rings. The van der Waals surface area contributed by atoms with Gasteiger partial charge in [0.05, 0.1) is 5.52 Å². The molecule has 0 saturated carbocycles. The third-order valence-corrected chi connectivity index (χ3v) is 3.92. The van der Waals surface area contributed by atoms with E-state index in [1.807, 2.05) is 18.2 Å². The predicted molar refractivity (Wildman–Crippen MR) is 72.2 cm³/mol. The van der Waals surface area contributed by atoms with Crippen LogP contribution in [0, 0.1) is 0 Å². The van der Waals surface area contributed by atoms with Crippen molar-refractivity contribution < 1.29 is 0 Å². The summed E-state index contributed by atoms with van der Waals surface area (Å²) in [5, 5.41) is 1.14. The number of aromatic nitrogens is 2. The van der Waals surface area contributed by atoms with Crippen molar-refractivity contribution in [2.24, 2.45) is 0 Å². The zero-order valence-electron chi connectivity index (χ0n) is 10.1. The van der Waals surface area contributed by atoms with Gasteiger partial charge in [-0.1, -0.05) is 18.2 Å². The Hall–Kier alpha value is -2.03. The summed E-state index contributed by atoms with van der Waals surface area (Å²) in [4.78, 5) is 15.2. The van der Waals surface area contributed by atoms with Crippen LogP contribution >= 0.6 is 0 Å². The number of rotatable bonds is 0. The summed E-state index contributed by atoms with van der Waals surface area (Å²) in [6.45, 7) is 0. The molecule has 0 spiro atoms. The smallest absolute Gasteiger partial charge is 0.272 e.